The van der Waals surface area contributed by atoms with Crippen molar-refractivity contribution in [3.8, 4) is 0 Å². The first-order valence-corrected chi connectivity index (χ1v) is 12.5. The maximum absolute atomic E-state index is 14.3. The number of hydrogen-bond acceptors (Lipinski definition) is 3. The number of allylic oxidation sites excluding steroid dienone is 1. The number of carbonyl (C=O) groups excluding carboxylic acids is 1. The molecule has 0 spiro atoms. The third-order valence-corrected chi connectivity index (χ3v) is 10.7. The Balaban J connectivity index is 1.41. The molecule has 1 amide bonds. The molecule has 4 fully saturated rings. The molecule has 2 aliphatic carbocycles. The maximum Gasteiger partial charge on any atom is 0.236 e. The molecule has 2 saturated heterocycles. The molecule has 0 aromatic heterocycles. The standard InChI is InChI=1S/C28H37NO3/c1-17(2)14-19-16-25(3)22-11-10-18-15-28(31)20-8-6-7-9-21(20)29(28)24(30)27(18,5)26(22,4)13-12-23(25)32-19/h6-9,14,18-19,22-23,31H,10-13,15-16H2,1-5H3/t18-,19-,22-,23-,25-,26-,27+,28+/m0/s1. The van der Waals surface area contributed by atoms with Gasteiger partial charge in [0.1, 0.15) is 0 Å². The van der Waals surface area contributed by atoms with Gasteiger partial charge in [0, 0.05) is 12.0 Å². The van der Waals surface area contributed by atoms with Crippen LogP contribution in [0.4, 0.5) is 5.69 Å². The normalized spacial score (nSPS) is 48.6. The number of anilines is 1. The smallest absolute Gasteiger partial charge is 0.236 e. The van der Waals surface area contributed by atoms with Crippen molar-refractivity contribution in [2.24, 2.45) is 28.1 Å². The van der Waals surface area contributed by atoms with E-state index in [1.165, 1.54) is 5.57 Å². The zero-order chi connectivity index (χ0) is 22.7. The van der Waals surface area contributed by atoms with Gasteiger partial charge >= 0.3 is 0 Å². The Hall–Kier alpha value is -1.65. The van der Waals surface area contributed by atoms with E-state index in [-0.39, 0.29) is 34.9 Å². The first-order chi connectivity index (χ1) is 15.1. The zero-order valence-electron chi connectivity index (χ0n) is 20.1. The van der Waals surface area contributed by atoms with Gasteiger partial charge in [-0.05, 0) is 81.6 Å². The fraction of sp³-hybridized carbons (Fsp3) is 0.679. The van der Waals surface area contributed by atoms with Gasteiger partial charge in [-0.2, -0.15) is 0 Å². The Kier molecular flexibility index (Phi) is 4.10. The van der Waals surface area contributed by atoms with Crippen LogP contribution in [-0.2, 0) is 15.3 Å². The van der Waals surface area contributed by atoms with Crippen LogP contribution in [0.3, 0.4) is 0 Å². The maximum atomic E-state index is 14.3. The minimum atomic E-state index is -1.12. The predicted octanol–water partition coefficient (Wildman–Crippen LogP) is 5.54. The molecule has 6 rings (SSSR count). The van der Waals surface area contributed by atoms with Gasteiger partial charge in [-0.15, -0.1) is 0 Å². The van der Waals surface area contributed by atoms with Gasteiger partial charge in [0.2, 0.25) is 5.91 Å². The minimum absolute atomic E-state index is 0.0899. The molecule has 0 bridgehead atoms. The van der Waals surface area contributed by atoms with Crippen molar-refractivity contribution in [1.82, 2.24) is 0 Å². The molecular formula is C28H37NO3. The first-order valence-electron chi connectivity index (χ1n) is 12.5. The molecule has 0 radical (unpaired) electrons. The van der Waals surface area contributed by atoms with E-state index in [1.54, 1.807) is 4.90 Å². The number of nitrogens with zero attached hydrogens (tertiary/aromatic N) is 1. The highest BCUT2D eigenvalue weighted by Gasteiger charge is 2.73. The summed E-state index contributed by atoms with van der Waals surface area (Å²) in [6.07, 6.45) is 8.64. The van der Waals surface area contributed by atoms with E-state index in [9.17, 15) is 9.90 Å². The van der Waals surface area contributed by atoms with Crippen molar-refractivity contribution >= 4 is 11.6 Å². The van der Waals surface area contributed by atoms with Crippen LogP contribution in [0.2, 0.25) is 0 Å². The number of rotatable bonds is 1. The van der Waals surface area contributed by atoms with Crippen LogP contribution in [0.5, 0.6) is 0 Å². The topological polar surface area (TPSA) is 49.8 Å². The van der Waals surface area contributed by atoms with Crippen LogP contribution < -0.4 is 4.90 Å². The highest BCUT2D eigenvalue weighted by molar-refractivity contribution is 6.05. The molecule has 4 nitrogen and oxygen atoms in total. The molecule has 1 aromatic rings. The lowest BCUT2D eigenvalue weighted by atomic mass is 9.38. The monoisotopic (exact) mass is 435 g/mol. The zero-order valence-corrected chi connectivity index (χ0v) is 20.1. The van der Waals surface area contributed by atoms with Gasteiger partial charge in [0.25, 0.3) is 0 Å². The van der Waals surface area contributed by atoms with E-state index in [1.807, 2.05) is 24.3 Å². The lowest BCUT2D eigenvalue weighted by Crippen LogP contribution is -2.74. The van der Waals surface area contributed by atoms with Crippen molar-refractivity contribution in [2.75, 3.05) is 4.90 Å². The molecule has 172 valence electrons. The number of amides is 1. The second-order valence-electron chi connectivity index (χ2n) is 12.3. The highest BCUT2D eigenvalue weighted by atomic mass is 16.5. The number of hydrogen-bond donors (Lipinski definition) is 1. The number of carbonyl (C=O) groups is 1. The minimum Gasteiger partial charge on any atom is -0.370 e. The fourth-order valence-electron chi connectivity index (χ4n) is 8.99. The second kappa shape index (κ2) is 6.27. The second-order valence-corrected chi connectivity index (χ2v) is 12.3. The summed E-state index contributed by atoms with van der Waals surface area (Å²) in [5.74, 6) is 0.808. The van der Waals surface area contributed by atoms with Gasteiger partial charge in [-0.25, -0.2) is 0 Å². The summed E-state index contributed by atoms with van der Waals surface area (Å²) in [7, 11) is 0. The Morgan fingerprint density at radius 1 is 1.12 bits per heavy atom. The lowest BCUT2D eigenvalue weighted by Gasteiger charge is -2.69. The molecule has 3 aliphatic heterocycles. The third-order valence-electron chi connectivity index (χ3n) is 10.7. The number of para-hydroxylation sites is 1. The third kappa shape index (κ3) is 2.24. The van der Waals surface area contributed by atoms with E-state index in [0.717, 1.165) is 43.4 Å². The van der Waals surface area contributed by atoms with E-state index in [0.29, 0.717) is 12.3 Å². The molecule has 5 aliphatic rings. The lowest BCUT2D eigenvalue weighted by molar-refractivity contribution is -0.209. The summed E-state index contributed by atoms with van der Waals surface area (Å²) in [6, 6.07) is 7.91. The molecule has 0 unspecified atom stereocenters. The van der Waals surface area contributed by atoms with E-state index < -0.39 is 11.1 Å². The van der Waals surface area contributed by atoms with Crippen molar-refractivity contribution < 1.29 is 14.6 Å². The Bertz CT molecular complexity index is 1030. The number of fused-ring (bicyclic) bond motifs is 9. The average molecular weight is 436 g/mol. The number of aliphatic hydroxyl groups is 1. The number of benzene rings is 1. The fourth-order valence-corrected chi connectivity index (χ4v) is 8.99. The van der Waals surface area contributed by atoms with Crippen LogP contribution in [0.1, 0.15) is 78.7 Å². The molecule has 1 aromatic carbocycles. The van der Waals surface area contributed by atoms with Gasteiger partial charge in [-0.1, -0.05) is 43.7 Å². The molecule has 32 heavy (non-hydrogen) atoms. The summed E-state index contributed by atoms with van der Waals surface area (Å²) >= 11 is 0. The molecular weight excluding hydrogens is 398 g/mol. The van der Waals surface area contributed by atoms with Gasteiger partial charge in [0.05, 0.1) is 23.3 Å². The Morgan fingerprint density at radius 2 is 1.88 bits per heavy atom. The van der Waals surface area contributed by atoms with Crippen molar-refractivity contribution in [2.45, 2.75) is 91.1 Å². The molecule has 2 saturated carbocycles. The van der Waals surface area contributed by atoms with E-state index in [2.05, 4.69) is 40.7 Å². The summed E-state index contributed by atoms with van der Waals surface area (Å²) in [5.41, 5.74) is 1.57. The predicted molar refractivity (Wildman–Crippen MR) is 125 cm³/mol. The van der Waals surface area contributed by atoms with Crippen molar-refractivity contribution in [1.29, 1.82) is 0 Å². The molecule has 1 N–H and O–H groups in total. The van der Waals surface area contributed by atoms with Crippen LogP contribution in [0.15, 0.2) is 35.9 Å². The molecule has 3 heterocycles. The van der Waals surface area contributed by atoms with Crippen LogP contribution >= 0.6 is 0 Å². The van der Waals surface area contributed by atoms with E-state index in [4.69, 9.17) is 4.74 Å². The summed E-state index contributed by atoms with van der Waals surface area (Å²) < 4.78 is 6.57. The van der Waals surface area contributed by atoms with E-state index >= 15 is 0 Å². The molecule has 4 heteroatoms. The van der Waals surface area contributed by atoms with Gasteiger partial charge in [-0.3, -0.25) is 9.69 Å². The largest absolute Gasteiger partial charge is 0.370 e. The summed E-state index contributed by atoms with van der Waals surface area (Å²) in [4.78, 5) is 16.1. The highest BCUT2D eigenvalue weighted by Crippen LogP contribution is 2.73. The Labute approximate surface area is 192 Å². The SMILES string of the molecule is CC(C)=C[C@H]1C[C@]2(C)[C@H](CC[C@@]3(C)[C@H]2CC[C@H]2C[C@@]4(O)c5ccccc5N4C(=O)[C@@]23C)O1. The van der Waals surface area contributed by atoms with Crippen LogP contribution in [0.25, 0.3) is 0 Å². The van der Waals surface area contributed by atoms with Crippen molar-refractivity contribution in [3.63, 3.8) is 0 Å². The quantitative estimate of drug-likeness (QED) is 0.589. The van der Waals surface area contributed by atoms with Gasteiger partial charge < -0.3 is 9.84 Å². The Morgan fingerprint density at radius 3 is 2.62 bits per heavy atom. The number of ether oxygens (including phenoxy) is 1. The molecule has 8 atom stereocenters. The average Bonchev–Trinajstić information content (AvgIpc) is 3.04. The number of piperidine rings is 1. The first kappa shape index (κ1) is 20.9. The summed E-state index contributed by atoms with van der Waals surface area (Å²) in [6.45, 7) is 11.4. The van der Waals surface area contributed by atoms with Gasteiger partial charge in [0.15, 0.2) is 5.72 Å². The van der Waals surface area contributed by atoms with Crippen molar-refractivity contribution in [3.05, 3.63) is 41.5 Å². The summed E-state index contributed by atoms with van der Waals surface area (Å²) in [5, 5.41) is 11.6. The van der Waals surface area contributed by atoms with Crippen LogP contribution in [-0.4, -0.2) is 23.2 Å². The van der Waals surface area contributed by atoms with Crippen LogP contribution in [0, 0.1) is 28.1 Å².